The molecule has 4 rings (SSSR count). The summed E-state index contributed by atoms with van der Waals surface area (Å²) in [6.45, 7) is 3.67. The molecule has 6 nitrogen and oxygen atoms in total. The number of hydrogen-bond acceptors (Lipinski definition) is 5. The molecule has 2 heterocycles. The van der Waals surface area contributed by atoms with Gasteiger partial charge in [0.15, 0.2) is 11.5 Å². The lowest BCUT2D eigenvalue weighted by molar-refractivity contribution is 0.0902. The summed E-state index contributed by atoms with van der Waals surface area (Å²) >= 11 is 0. The van der Waals surface area contributed by atoms with E-state index in [2.05, 4.69) is 22.3 Å². The summed E-state index contributed by atoms with van der Waals surface area (Å²) < 4.78 is 16.3. The molecule has 2 aromatic carbocycles. The van der Waals surface area contributed by atoms with E-state index in [4.69, 9.17) is 14.2 Å². The highest BCUT2D eigenvalue weighted by atomic mass is 16.5. The summed E-state index contributed by atoms with van der Waals surface area (Å²) in [4.78, 5) is 15.2. The average Bonchev–Trinajstić information content (AvgIpc) is 3.09. The number of rotatable bonds is 7. The van der Waals surface area contributed by atoms with Crippen molar-refractivity contribution in [2.45, 2.75) is 31.3 Å². The minimum absolute atomic E-state index is 0.0594. The Morgan fingerprint density at radius 2 is 1.93 bits per heavy atom. The molecule has 0 saturated carbocycles. The number of hydrogen-bond donors (Lipinski definition) is 1. The van der Waals surface area contributed by atoms with Gasteiger partial charge in [-0.1, -0.05) is 24.3 Å². The summed E-state index contributed by atoms with van der Waals surface area (Å²) in [5.41, 5.74) is 3.00. The van der Waals surface area contributed by atoms with Crippen molar-refractivity contribution >= 4 is 5.91 Å². The predicted octanol–water partition coefficient (Wildman–Crippen LogP) is 3.04. The fourth-order valence-electron chi connectivity index (χ4n) is 4.53. The molecule has 0 radical (unpaired) electrons. The quantitative estimate of drug-likeness (QED) is 0.711. The van der Waals surface area contributed by atoms with Gasteiger partial charge in [-0.15, -0.1) is 0 Å². The van der Waals surface area contributed by atoms with Gasteiger partial charge in [-0.3, -0.25) is 9.69 Å². The largest absolute Gasteiger partial charge is 0.493 e. The van der Waals surface area contributed by atoms with E-state index in [-0.39, 0.29) is 11.4 Å². The van der Waals surface area contributed by atoms with E-state index in [1.165, 1.54) is 5.56 Å². The fraction of sp³-hybridized carbons (Fsp3) is 0.458. The molecule has 0 aliphatic carbocycles. The Hall–Kier alpha value is -2.57. The maximum absolute atomic E-state index is 12.8. The molecule has 2 aliphatic heterocycles. The molecular formula is C24H30N2O4. The zero-order valence-electron chi connectivity index (χ0n) is 17.8. The van der Waals surface area contributed by atoms with Gasteiger partial charge in [0, 0.05) is 32.3 Å². The molecule has 1 spiro atoms. The van der Waals surface area contributed by atoms with Crippen LogP contribution in [0.3, 0.4) is 0 Å². The van der Waals surface area contributed by atoms with Gasteiger partial charge in [0.05, 0.1) is 19.3 Å². The third-order valence-electron chi connectivity index (χ3n) is 6.13. The van der Waals surface area contributed by atoms with Gasteiger partial charge in [0.2, 0.25) is 0 Å². The molecule has 1 saturated heterocycles. The zero-order valence-corrected chi connectivity index (χ0v) is 17.8. The lowest BCUT2D eigenvalue weighted by Gasteiger charge is -2.29. The molecule has 30 heavy (non-hydrogen) atoms. The van der Waals surface area contributed by atoms with Crippen LogP contribution in [-0.4, -0.2) is 56.9 Å². The minimum Gasteiger partial charge on any atom is -0.493 e. The number of nitrogens with zero attached hydrogens (tertiary/aromatic N) is 1. The monoisotopic (exact) mass is 410 g/mol. The van der Waals surface area contributed by atoms with Gasteiger partial charge in [0.25, 0.3) is 5.91 Å². The predicted molar refractivity (Wildman–Crippen MR) is 115 cm³/mol. The van der Waals surface area contributed by atoms with Crippen molar-refractivity contribution in [3.8, 4) is 11.5 Å². The molecule has 1 unspecified atom stereocenters. The number of aryl methyl sites for hydroxylation is 1. The van der Waals surface area contributed by atoms with E-state index in [0.717, 1.165) is 61.5 Å². The number of nitrogens with one attached hydrogen (secondary N) is 1. The van der Waals surface area contributed by atoms with Crippen LogP contribution in [0.4, 0.5) is 0 Å². The number of carbonyl (C=O) groups excluding carboxylic acids is 1. The molecule has 0 aromatic heterocycles. The number of benzene rings is 2. The highest BCUT2D eigenvalue weighted by Gasteiger charge is 2.41. The summed E-state index contributed by atoms with van der Waals surface area (Å²) in [6.07, 6.45) is 2.88. The second-order valence-electron chi connectivity index (χ2n) is 8.18. The number of carbonyl (C=O) groups is 1. The number of likely N-dealkylation sites (tertiary alicyclic amines) is 1. The molecular weight excluding hydrogens is 380 g/mol. The first-order valence-electron chi connectivity index (χ1n) is 10.5. The SMILES string of the molecule is COCCOc1ccc(CN2CCC3(CCc4ccccc4C(=O)N3)C2)cc1OC. The van der Waals surface area contributed by atoms with Gasteiger partial charge in [0.1, 0.15) is 6.61 Å². The Bertz CT molecular complexity index is 901. The van der Waals surface area contributed by atoms with Crippen LogP contribution < -0.4 is 14.8 Å². The van der Waals surface area contributed by atoms with Crippen LogP contribution in [0.15, 0.2) is 42.5 Å². The van der Waals surface area contributed by atoms with E-state index in [0.29, 0.717) is 13.2 Å². The Labute approximate surface area is 178 Å². The lowest BCUT2D eigenvalue weighted by atomic mass is 9.91. The molecule has 160 valence electrons. The maximum Gasteiger partial charge on any atom is 0.252 e. The van der Waals surface area contributed by atoms with Crippen molar-refractivity contribution in [1.82, 2.24) is 10.2 Å². The highest BCUT2D eigenvalue weighted by molar-refractivity contribution is 5.96. The van der Waals surface area contributed by atoms with Crippen LogP contribution in [0.5, 0.6) is 11.5 Å². The van der Waals surface area contributed by atoms with Crippen LogP contribution in [0.2, 0.25) is 0 Å². The van der Waals surface area contributed by atoms with Crippen molar-refractivity contribution in [3.63, 3.8) is 0 Å². The van der Waals surface area contributed by atoms with E-state index in [1.54, 1.807) is 14.2 Å². The van der Waals surface area contributed by atoms with Crippen molar-refractivity contribution in [2.75, 3.05) is 40.5 Å². The molecule has 1 fully saturated rings. The van der Waals surface area contributed by atoms with Gasteiger partial charge in [-0.2, -0.15) is 0 Å². The van der Waals surface area contributed by atoms with Crippen molar-refractivity contribution in [1.29, 1.82) is 0 Å². The summed E-state index contributed by atoms with van der Waals surface area (Å²) in [5, 5.41) is 3.35. The van der Waals surface area contributed by atoms with Crippen LogP contribution >= 0.6 is 0 Å². The Balaban J connectivity index is 1.41. The summed E-state index contributed by atoms with van der Waals surface area (Å²) in [7, 11) is 3.31. The number of fused-ring (bicyclic) bond motifs is 1. The third-order valence-corrected chi connectivity index (χ3v) is 6.13. The second kappa shape index (κ2) is 9.06. The average molecular weight is 411 g/mol. The lowest BCUT2D eigenvalue weighted by Crippen LogP contribution is -2.49. The van der Waals surface area contributed by atoms with E-state index >= 15 is 0 Å². The van der Waals surface area contributed by atoms with E-state index in [1.807, 2.05) is 30.3 Å². The summed E-state index contributed by atoms with van der Waals surface area (Å²) in [5.74, 6) is 1.52. The van der Waals surface area contributed by atoms with Crippen LogP contribution in [0.25, 0.3) is 0 Å². The van der Waals surface area contributed by atoms with Crippen LogP contribution in [0, 0.1) is 0 Å². The first-order chi connectivity index (χ1) is 14.6. The maximum atomic E-state index is 12.8. The molecule has 2 aliphatic rings. The molecule has 1 N–H and O–H groups in total. The molecule has 6 heteroatoms. The van der Waals surface area contributed by atoms with Gasteiger partial charge < -0.3 is 19.5 Å². The number of ether oxygens (including phenoxy) is 3. The molecule has 1 amide bonds. The number of methoxy groups -OCH3 is 2. The van der Waals surface area contributed by atoms with Crippen molar-refractivity contribution in [3.05, 3.63) is 59.2 Å². The minimum atomic E-state index is -0.149. The Kier molecular flexibility index (Phi) is 6.25. The normalized spacial score (nSPS) is 21.2. The number of amides is 1. The Morgan fingerprint density at radius 1 is 1.07 bits per heavy atom. The van der Waals surface area contributed by atoms with E-state index < -0.39 is 0 Å². The van der Waals surface area contributed by atoms with Crippen LogP contribution in [-0.2, 0) is 17.7 Å². The highest BCUT2D eigenvalue weighted by Crippen LogP contribution is 2.33. The second-order valence-corrected chi connectivity index (χ2v) is 8.18. The third kappa shape index (κ3) is 4.45. The smallest absolute Gasteiger partial charge is 0.252 e. The van der Waals surface area contributed by atoms with Crippen molar-refractivity contribution < 1.29 is 19.0 Å². The summed E-state index contributed by atoms with van der Waals surface area (Å²) in [6, 6.07) is 14.0. The van der Waals surface area contributed by atoms with Gasteiger partial charge >= 0.3 is 0 Å². The molecule has 1 atom stereocenters. The Morgan fingerprint density at radius 3 is 2.77 bits per heavy atom. The first-order valence-corrected chi connectivity index (χ1v) is 10.5. The van der Waals surface area contributed by atoms with Gasteiger partial charge in [-0.05, 0) is 48.6 Å². The van der Waals surface area contributed by atoms with Gasteiger partial charge in [-0.25, -0.2) is 0 Å². The zero-order chi connectivity index (χ0) is 21.0. The fourth-order valence-corrected chi connectivity index (χ4v) is 4.53. The topological polar surface area (TPSA) is 60.0 Å². The van der Waals surface area contributed by atoms with E-state index in [9.17, 15) is 4.79 Å². The molecule has 0 bridgehead atoms. The van der Waals surface area contributed by atoms with Crippen molar-refractivity contribution in [2.24, 2.45) is 0 Å². The molecule has 2 aromatic rings. The van der Waals surface area contributed by atoms with Crippen LogP contribution in [0.1, 0.15) is 34.3 Å². The standard InChI is InChI=1S/C24H30N2O4/c1-28-13-14-30-21-8-7-18(15-22(21)29-2)16-26-12-11-24(17-26)10-9-19-5-3-4-6-20(19)23(27)25-24/h3-8,15H,9-14,16-17H2,1-2H3,(H,25,27). The first kappa shape index (κ1) is 20.7.